The van der Waals surface area contributed by atoms with Crippen LogP contribution in [-0.2, 0) is 17.6 Å². The molecule has 1 amide bonds. The molecule has 122 valence electrons. The first-order valence-electron chi connectivity index (χ1n) is 7.60. The lowest BCUT2D eigenvalue weighted by Gasteiger charge is -2.03. The van der Waals surface area contributed by atoms with Gasteiger partial charge in [-0.25, -0.2) is 4.39 Å². The highest BCUT2D eigenvalue weighted by molar-refractivity contribution is 5.90. The summed E-state index contributed by atoms with van der Waals surface area (Å²) in [6.45, 7) is 0. The zero-order valence-electron chi connectivity index (χ0n) is 12.9. The van der Waals surface area contributed by atoms with E-state index in [0.29, 0.717) is 30.2 Å². The Morgan fingerprint density at radius 2 is 1.83 bits per heavy atom. The zero-order chi connectivity index (χ0) is 16.8. The molecule has 0 atom stereocenters. The molecule has 24 heavy (non-hydrogen) atoms. The molecule has 5 nitrogen and oxygen atoms in total. The van der Waals surface area contributed by atoms with Gasteiger partial charge >= 0.3 is 0 Å². The van der Waals surface area contributed by atoms with Crippen molar-refractivity contribution in [3.63, 3.8) is 0 Å². The molecule has 2 aromatic carbocycles. The van der Waals surface area contributed by atoms with E-state index < -0.39 is 0 Å². The Kier molecular flexibility index (Phi) is 4.96. The van der Waals surface area contributed by atoms with Crippen LogP contribution in [0.2, 0.25) is 0 Å². The molecular weight excluding hydrogens is 309 g/mol. The molecule has 0 unspecified atom stereocenters. The number of anilines is 1. The van der Waals surface area contributed by atoms with Gasteiger partial charge in [0.25, 0.3) is 0 Å². The van der Waals surface area contributed by atoms with Crippen molar-refractivity contribution in [2.45, 2.75) is 19.3 Å². The average Bonchev–Trinajstić information content (AvgIpc) is 3.03. The first-order chi connectivity index (χ1) is 11.7. The number of hydrogen-bond acceptors (Lipinski definition) is 4. The van der Waals surface area contributed by atoms with Crippen molar-refractivity contribution in [1.82, 2.24) is 10.1 Å². The van der Waals surface area contributed by atoms with E-state index in [0.717, 1.165) is 5.56 Å². The van der Waals surface area contributed by atoms with Crippen molar-refractivity contribution < 1.29 is 13.7 Å². The highest BCUT2D eigenvalue weighted by Crippen LogP contribution is 2.10. The molecule has 0 fully saturated rings. The van der Waals surface area contributed by atoms with Crippen LogP contribution >= 0.6 is 0 Å². The number of halogens is 1. The number of benzene rings is 2. The van der Waals surface area contributed by atoms with E-state index in [9.17, 15) is 9.18 Å². The molecule has 0 spiro atoms. The SMILES string of the molecule is O=C(CCc1nc(Cc2ccccc2)no1)Nc1ccc(F)cc1. The molecule has 6 heteroatoms. The quantitative estimate of drug-likeness (QED) is 0.754. The number of amides is 1. The van der Waals surface area contributed by atoms with Crippen molar-refractivity contribution in [3.05, 3.63) is 77.7 Å². The molecule has 0 saturated carbocycles. The smallest absolute Gasteiger partial charge is 0.227 e. The Morgan fingerprint density at radius 3 is 2.58 bits per heavy atom. The van der Waals surface area contributed by atoms with Gasteiger partial charge in [0.1, 0.15) is 5.82 Å². The summed E-state index contributed by atoms with van der Waals surface area (Å²) in [5.74, 6) is 0.486. The molecule has 0 aliphatic heterocycles. The molecule has 1 heterocycles. The minimum atomic E-state index is -0.343. The normalized spacial score (nSPS) is 10.5. The maximum absolute atomic E-state index is 12.8. The van der Waals surface area contributed by atoms with Gasteiger partial charge in [-0.2, -0.15) is 4.98 Å². The summed E-state index contributed by atoms with van der Waals surface area (Å²) < 4.78 is 18.0. The van der Waals surface area contributed by atoms with Gasteiger partial charge in [0, 0.05) is 24.9 Å². The Labute approximate surface area is 138 Å². The number of carbonyl (C=O) groups is 1. The first kappa shape index (κ1) is 15.9. The molecule has 3 aromatic rings. The van der Waals surface area contributed by atoms with Crippen LogP contribution in [0.25, 0.3) is 0 Å². The van der Waals surface area contributed by atoms with Crippen LogP contribution in [0.5, 0.6) is 0 Å². The minimum Gasteiger partial charge on any atom is -0.339 e. The van der Waals surface area contributed by atoms with Gasteiger partial charge in [0.15, 0.2) is 5.82 Å². The lowest BCUT2D eigenvalue weighted by atomic mass is 10.1. The van der Waals surface area contributed by atoms with E-state index in [4.69, 9.17) is 4.52 Å². The maximum Gasteiger partial charge on any atom is 0.227 e. The van der Waals surface area contributed by atoms with Crippen molar-refractivity contribution in [2.24, 2.45) is 0 Å². The number of nitrogens with one attached hydrogen (secondary N) is 1. The van der Waals surface area contributed by atoms with Gasteiger partial charge in [-0.1, -0.05) is 35.5 Å². The molecular formula is C18H16FN3O2. The summed E-state index contributed by atoms with van der Waals surface area (Å²) in [6, 6.07) is 15.5. The predicted molar refractivity (Wildman–Crippen MR) is 86.9 cm³/mol. The van der Waals surface area contributed by atoms with Crippen LogP contribution in [0, 0.1) is 5.82 Å². The van der Waals surface area contributed by atoms with Crippen molar-refractivity contribution in [3.8, 4) is 0 Å². The number of aromatic nitrogens is 2. The first-order valence-corrected chi connectivity index (χ1v) is 7.60. The van der Waals surface area contributed by atoms with Crippen molar-refractivity contribution in [2.75, 3.05) is 5.32 Å². The molecule has 0 saturated heterocycles. The second-order valence-corrected chi connectivity index (χ2v) is 5.32. The maximum atomic E-state index is 12.8. The van der Waals surface area contributed by atoms with Gasteiger partial charge < -0.3 is 9.84 Å². The van der Waals surface area contributed by atoms with E-state index in [2.05, 4.69) is 15.5 Å². The molecule has 0 aliphatic rings. The van der Waals surface area contributed by atoms with Gasteiger partial charge in [-0.15, -0.1) is 0 Å². The molecule has 0 bridgehead atoms. The second-order valence-electron chi connectivity index (χ2n) is 5.32. The molecule has 0 radical (unpaired) electrons. The number of rotatable bonds is 6. The van der Waals surface area contributed by atoms with E-state index in [1.807, 2.05) is 30.3 Å². The summed E-state index contributed by atoms with van der Waals surface area (Å²) >= 11 is 0. The van der Waals surface area contributed by atoms with Gasteiger partial charge in [0.2, 0.25) is 11.8 Å². The summed E-state index contributed by atoms with van der Waals surface area (Å²) in [7, 11) is 0. The van der Waals surface area contributed by atoms with Gasteiger partial charge in [0.05, 0.1) is 0 Å². The summed E-state index contributed by atoms with van der Waals surface area (Å²) in [4.78, 5) is 16.2. The van der Waals surface area contributed by atoms with E-state index in [-0.39, 0.29) is 18.1 Å². The lowest BCUT2D eigenvalue weighted by Crippen LogP contribution is -2.12. The fraction of sp³-hybridized carbons (Fsp3) is 0.167. The van der Waals surface area contributed by atoms with Crippen LogP contribution in [0.15, 0.2) is 59.1 Å². The van der Waals surface area contributed by atoms with Crippen LogP contribution in [0.4, 0.5) is 10.1 Å². The molecule has 0 aliphatic carbocycles. The van der Waals surface area contributed by atoms with Gasteiger partial charge in [-0.05, 0) is 29.8 Å². The molecule has 1 N–H and O–H groups in total. The monoisotopic (exact) mass is 325 g/mol. The van der Waals surface area contributed by atoms with Crippen LogP contribution in [-0.4, -0.2) is 16.0 Å². The predicted octanol–water partition coefficient (Wildman–Crippen LogP) is 3.37. The average molecular weight is 325 g/mol. The lowest BCUT2D eigenvalue weighted by molar-refractivity contribution is -0.116. The molecule has 1 aromatic heterocycles. The van der Waals surface area contributed by atoms with Crippen LogP contribution < -0.4 is 5.32 Å². The largest absolute Gasteiger partial charge is 0.339 e. The summed E-state index contributed by atoms with van der Waals surface area (Å²) in [5.41, 5.74) is 1.65. The van der Waals surface area contributed by atoms with Crippen LogP contribution in [0.1, 0.15) is 23.7 Å². The topological polar surface area (TPSA) is 68.0 Å². The Bertz CT molecular complexity index is 801. The van der Waals surface area contributed by atoms with Crippen molar-refractivity contribution in [1.29, 1.82) is 0 Å². The summed E-state index contributed by atoms with van der Waals surface area (Å²) in [5, 5.41) is 6.61. The highest BCUT2D eigenvalue weighted by atomic mass is 19.1. The standard InChI is InChI=1S/C18H16FN3O2/c19-14-6-8-15(9-7-14)20-17(23)10-11-18-21-16(22-24-18)12-13-4-2-1-3-5-13/h1-9H,10-12H2,(H,20,23). The number of carbonyl (C=O) groups excluding carboxylic acids is 1. The summed E-state index contributed by atoms with van der Waals surface area (Å²) in [6.07, 6.45) is 1.16. The molecule has 3 rings (SSSR count). The fourth-order valence-electron chi connectivity index (χ4n) is 2.22. The Morgan fingerprint density at radius 1 is 1.08 bits per heavy atom. The van der Waals surface area contributed by atoms with Crippen LogP contribution in [0.3, 0.4) is 0 Å². The Balaban J connectivity index is 1.50. The minimum absolute atomic E-state index is 0.190. The Hall–Kier alpha value is -3.02. The third-order valence-electron chi connectivity index (χ3n) is 3.41. The fourth-order valence-corrected chi connectivity index (χ4v) is 2.22. The number of hydrogen-bond donors (Lipinski definition) is 1. The third-order valence-corrected chi connectivity index (χ3v) is 3.41. The van der Waals surface area contributed by atoms with E-state index >= 15 is 0 Å². The number of nitrogens with zero attached hydrogens (tertiary/aromatic N) is 2. The van der Waals surface area contributed by atoms with Gasteiger partial charge in [-0.3, -0.25) is 4.79 Å². The van der Waals surface area contributed by atoms with E-state index in [1.54, 1.807) is 0 Å². The second kappa shape index (κ2) is 7.50. The number of aryl methyl sites for hydroxylation is 1. The van der Waals surface area contributed by atoms with E-state index in [1.165, 1.54) is 24.3 Å². The zero-order valence-corrected chi connectivity index (χ0v) is 12.9. The highest BCUT2D eigenvalue weighted by Gasteiger charge is 2.10. The third kappa shape index (κ3) is 4.49. The van der Waals surface area contributed by atoms with Crippen molar-refractivity contribution >= 4 is 11.6 Å².